The predicted octanol–water partition coefficient (Wildman–Crippen LogP) is 9.74. The van der Waals surface area contributed by atoms with Gasteiger partial charge in [0, 0.05) is 16.5 Å². The van der Waals surface area contributed by atoms with Crippen molar-refractivity contribution in [3.63, 3.8) is 0 Å². The first kappa shape index (κ1) is 18.8. The fourth-order valence-corrected chi connectivity index (χ4v) is 5.73. The molecule has 0 amide bonds. The van der Waals surface area contributed by atoms with Gasteiger partial charge < -0.3 is 4.74 Å². The van der Waals surface area contributed by atoms with Crippen molar-refractivity contribution in [3.05, 3.63) is 121 Å². The molecule has 1 heteroatoms. The molecule has 1 heterocycles. The molecule has 7 aromatic rings. The van der Waals surface area contributed by atoms with Gasteiger partial charge in [-0.15, -0.1) is 0 Å². The molecule has 0 bridgehead atoms. The summed E-state index contributed by atoms with van der Waals surface area (Å²) in [7, 11) is 0. The third kappa shape index (κ3) is 2.70. The van der Waals surface area contributed by atoms with Gasteiger partial charge in [-0.1, -0.05) is 97.1 Å². The van der Waals surface area contributed by atoms with E-state index < -0.39 is 0 Å². The molecule has 0 unspecified atom stereocenters. The maximum atomic E-state index is 6.57. The second-order valence-electron chi connectivity index (χ2n) is 9.37. The molecule has 35 heavy (non-hydrogen) atoms. The molecular formula is C34H20O. The van der Waals surface area contributed by atoms with E-state index in [0.717, 1.165) is 22.6 Å². The smallest absolute Gasteiger partial charge is 0.143 e. The molecule has 0 radical (unpaired) electrons. The largest absolute Gasteiger partial charge is 0.455 e. The zero-order chi connectivity index (χ0) is 22.9. The Labute approximate surface area is 202 Å². The van der Waals surface area contributed by atoms with Gasteiger partial charge in [-0.25, -0.2) is 0 Å². The molecule has 0 N–H and O–H groups in total. The van der Waals surface area contributed by atoms with Crippen LogP contribution >= 0.6 is 0 Å². The predicted molar refractivity (Wildman–Crippen MR) is 147 cm³/mol. The standard InChI is InChI=1S/C34H20O/c1-2-9-27-21(6-1)14-16-25-19-26-18-24(17-15-23(26)20-31(25)27)28-10-5-12-30-29-11-3-7-22-8-4-13-32(33(22)29)35-34(28)30/h1-20H. The lowest BCUT2D eigenvalue weighted by atomic mass is 9.90. The lowest BCUT2D eigenvalue weighted by molar-refractivity contribution is 0.489. The van der Waals surface area contributed by atoms with Crippen molar-refractivity contribution in [2.45, 2.75) is 0 Å². The molecular weight excluding hydrogens is 424 g/mol. The number of fused-ring (bicyclic) bond motifs is 6. The fraction of sp³-hybridized carbons (Fsp3) is 0. The van der Waals surface area contributed by atoms with Crippen LogP contribution < -0.4 is 4.74 Å². The Morgan fingerprint density at radius 2 is 1.14 bits per heavy atom. The normalized spacial score (nSPS) is 12.2. The minimum absolute atomic E-state index is 0.928. The van der Waals surface area contributed by atoms with Crippen LogP contribution in [0.15, 0.2) is 121 Å². The Morgan fingerprint density at radius 1 is 0.400 bits per heavy atom. The molecule has 0 atom stereocenters. The highest BCUT2D eigenvalue weighted by Gasteiger charge is 2.22. The molecule has 7 aromatic carbocycles. The van der Waals surface area contributed by atoms with Crippen molar-refractivity contribution < 1.29 is 4.74 Å². The maximum Gasteiger partial charge on any atom is 0.143 e. The molecule has 0 spiro atoms. The Morgan fingerprint density at radius 3 is 2.11 bits per heavy atom. The van der Waals surface area contributed by atoms with Gasteiger partial charge in [0.1, 0.15) is 11.5 Å². The van der Waals surface area contributed by atoms with Crippen molar-refractivity contribution >= 4 is 43.1 Å². The monoisotopic (exact) mass is 444 g/mol. The van der Waals surface area contributed by atoms with Crippen LogP contribution in [0.3, 0.4) is 0 Å². The zero-order valence-electron chi connectivity index (χ0n) is 19.0. The van der Waals surface area contributed by atoms with Crippen LogP contribution in [0.5, 0.6) is 11.5 Å². The number of benzene rings is 7. The molecule has 0 fully saturated rings. The highest BCUT2D eigenvalue weighted by molar-refractivity contribution is 6.12. The van der Waals surface area contributed by atoms with Gasteiger partial charge >= 0.3 is 0 Å². The summed E-state index contributed by atoms with van der Waals surface area (Å²) in [5, 5.41) is 10.0. The first-order valence-corrected chi connectivity index (χ1v) is 12.0. The molecule has 8 rings (SSSR count). The second kappa shape index (κ2) is 6.94. The van der Waals surface area contributed by atoms with E-state index in [2.05, 4.69) is 121 Å². The van der Waals surface area contributed by atoms with Crippen LogP contribution in [0, 0.1) is 0 Å². The summed E-state index contributed by atoms with van der Waals surface area (Å²) in [4.78, 5) is 0. The number of hydrogen-bond donors (Lipinski definition) is 0. The summed E-state index contributed by atoms with van der Waals surface area (Å²) < 4.78 is 6.57. The van der Waals surface area contributed by atoms with Gasteiger partial charge in [0.25, 0.3) is 0 Å². The van der Waals surface area contributed by atoms with Gasteiger partial charge in [-0.2, -0.15) is 0 Å². The molecule has 1 nitrogen and oxygen atoms in total. The van der Waals surface area contributed by atoms with E-state index in [0.29, 0.717) is 0 Å². The molecule has 162 valence electrons. The molecule has 1 aliphatic rings. The maximum absolute atomic E-state index is 6.57. The average Bonchev–Trinajstić information content (AvgIpc) is 2.92. The van der Waals surface area contributed by atoms with Crippen molar-refractivity contribution in [1.29, 1.82) is 0 Å². The van der Waals surface area contributed by atoms with E-state index >= 15 is 0 Å². The number of para-hydroxylation sites is 1. The first-order valence-electron chi connectivity index (χ1n) is 12.0. The van der Waals surface area contributed by atoms with Crippen LogP contribution in [-0.2, 0) is 0 Å². The van der Waals surface area contributed by atoms with Crippen LogP contribution in [0.4, 0.5) is 0 Å². The van der Waals surface area contributed by atoms with Crippen LogP contribution in [0.2, 0.25) is 0 Å². The SMILES string of the molecule is c1cc(-c2ccc3cc4c(ccc5ccccc54)cc3c2)c2c(c1)-c1cccc3cccc(c13)O2. The Hall–Kier alpha value is -4.62. The number of ether oxygens (including phenoxy) is 1. The molecule has 0 aromatic heterocycles. The molecule has 0 saturated heterocycles. The van der Waals surface area contributed by atoms with E-state index in [1.807, 2.05) is 0 Å². The zero-order valence-corrected chi connectivity index (χ0v) is 19.0. The topological polar surface area (TPSA) is 9.23 Å². The quantitative estimate of drug-likeness (QED) is 0.181. The van der Waals surface area contributed by atoms with Crippen molar-refractivity contribution in [2.24, 2.45) is 0 Å². The van der Waals surface area contributed by atoms with Crippen molar-refractivity contribution in [2.75, 3.05) is 0 Å². The Balaban J connectivity index is 1.34. The molecule has 0 aliphatic carbocycles. The van der Waals surface area contributed by atoms with Crippen LogP contribution in [0.25, 0.3) is 65.3 Å². The van der Waals surface area contributed by atoms with Gasteiger partial charge in [0.2, 0.25) is 0 Å². The van der Waals surface area contributed by atoms with Gasteiger partial charge in [-0.3, -0.25) is 0 Å². The third-order valence-electron chi connectivity index (χ3n) is 7.40. The highest BCUT2D eigenvalue weighted by atomic mass is 16.5. The molecule has 0 saturated carbocycles. The van der Waals surface area contributed by atoms with E-state index in [1.165, 1.54) is 54.2 Å². The number of rotatable bonds is 1. The summed E-state index contributed by atoms with van der Waals surface area (Å²) in [6.07, 6.45) is 0. The number of hydrogen-bond acceptors (Lipinski definition) is 1. The van der Waals surface area contributed by atoms with E-state index in [1.54, 1.807) is 0 Å². The minimum atomic E-state index is 0.928. The summed E-state index contributed by atoms with van der Waals surface area (Å²) >= 11 is 0. The first-order chi connectivity index (χ1) is 17.3. The van der Waals surface area contributed by atoms with Crippen molar-refractivity contribution in [1.82, 2.24) is 0 Å². The van der Waals surface area contributed by atoms with Gasteiger partial charge in [-0.05, 0) is 73.1 Å². The van der Waals surface area contributed by atoms with Crippen LogP contribution in [-0.4, -0.2) is 0 Å². The van der Waals surface area contributed by atoms with Gasteiger partial charge in [0.15, 0.2) is 0 Å². The van der Waals surface area contributed by atoms with Crippen molar-refractivity contribution in [3.8, 4) is 33.8 Å². The fourth-order valence-electron chi connectivity index (χ4n) is 5.73. The summed E-state index contributed by atoms with van der Waals surface area (Å²) in [5.74, 6) is 1.86. The molecule has 1 aliphatic heterocycles. The van der Waals surface area contributed by atoms with E-state index in [4.69, 9.17) is 4.74 Å². The lowest BCUT2D eigenvalue weighted by Gasteiger charge is -2.23. The Kier molecular flexibility index (Phi) is 3.72. The van der Waals surface area contributed by atoms with Gasteiger partial charge in [0.05, 0.1) is 0 Å². The summed E-state index contributed by atoms with van der Waals surface area (Å²) in [6.45, 7) is 0. The average molecular weight is 445 g/mol. The third-order valence-corrected chi connectivity index (χ3v) is 7.40. The minimum Gasteiger partial charge on any atom is -0.455 e. The summed E-state index contributed by atoms with van der Waals surface area (Å²) in [5.41, 5.74) is 4.67. The second-order valence-corrected chi connectivity index (χ2v) is 9.37. The lowest BCUT2D eigenvalue weighted by Crippen LogP contribution is -1.98. The van der Waals surface area contributed by atoms with E-state index in [9.17, 15) is 0 Å². The summed E-state index contributed by atoms with van der Waals surface area (Å²) in [6, 6.07) is 43.7. The van der Waals surface area contributed by atoms with E-state index in [-0.39, 0.29) is 0 Å². The van der Waals surface area contributed by atoms with Crippen LogP contribution in [0.1, 0.15) is 0 Å². The highest BCUT2D eigenvalue weighted by Crippen LogP contribution is 2.50. The Bertz CT molecular complexity index is 1970.